The van der Waals surface area contributed by atoms with Crippen molar-refractivity contribution in [2.45, 2.75) is 26.1 Å². The van der Waals surface area contributed by atoms with Gasteiger partial charge in [0.2, 0.25) is 11.8 Å². The summed E-state index contributed by atoms with van der Waals surface area (Å²) in [6.07, 6.45) is 3.36. The van der Waals surface area contributed by atoms with Crippen molar-refractivity contribution in [3.63, 3.8) is 0 Å². The van der Waals surface area contributed by atoms with E-state index in [1.807, 2.05) is 44.2 Å². The molecule has 0 spiro atoms. The lowest BCUT2D eigenvalue weighted by Gasteiger charge is -2.20. The van der Waals surface area contributed by atoms with Crippen LogP contribution in [0, 0.1) is 25.7 Å². The maximum Gasteiger partial charge on any atom is 0.240 e. The first-order valence-electron chi connectivity index (χ1n) is 6.87. The van der Waals surface area contributed by atoms with E-state index in [4.69, 9.17) is 4.74 Å². The van der Waals surface area contributed by atoms with Crippen LogP contribution in [-0.4, -0.2) is 24.0 Å². The molecular formula is C16H15NO3. The number of amides is 2. The van der Waals surface area contributed by atoms with Crippen LogP contribution in [0.25, 0.3) is 0 Å². The molecule has 0 aromatic heterocycles. The number of ether oxygens (including phenoxy) is 1. The minimum absolute atomic E-state index is 0.120. The number of benzene rings is 1. The maximum atomic E-state index is 12.6. The second-order valence-electron chi connectivity index (χ2n) is 5.73. The van der Waals surface area contributed by atoms with Gasteiger partial charge in [0.25, 0.3) is 0 Å². The number of aryl methyl sites for hydroxylation is 1. The number of carbonyl (C=O) groups excluding carboxylic acids is 2. The molecule has 0 N–H and O–H groups in total. The maximum absolute atomic E-state index is 12.6. The normalized spacial score (nSPS) is 34.2. The average molecular weight is 269 g/mol. The van der Waals surface area contributed by atoms with Crippen LogP contribution in [0.2, 0.25) is 0 Å². The van der Waals surface area contributed by atoms with Crippen LogP contribution in [0.4, 0.5) is 5.69 Å². The predicted molar refractivity (Wildman–Crippen MR) is 73.2 cm³/mol. The Labute approximate surface area is 117 Å². The molecule has 0 unspecified atom stereocenters. The molecule has 2 saturated heterocycles. The first-order chi connectivity index (χ1) is 9.59. The highest BCUT2D eigenvalue weighted by Crippen LogP contribution is 2.46. The minimum atomic E-state index is -0.336. The number of rotatable bonds is 1. The van der Waals surface area contributed by atoms with Crippen LogP contribution in [-0.2, 0) is 14.3 Å². The molecule has 4 nitrogen and oxygen atoms in total. The van der Waals surface area contributed by atoms with Gasteiger partial charge in [-0.2, -0.15) is 0 Å². The molecule has 0 saturated carbocycles. The zero-order chi connectivity index (χ0) is 14.0. The van der Waals surface area contributed by atoms with Crippen LogP contribution in [0.3, 0.4) is 0 Å². The van der Waals surface area contributed by atoms with Gasteiger partial charge in [0.15, 0.2) is 0 Å². The van der Waals surface area contributed by atoms with Crippen LogP contribution in [0.15, 0.2) is 30.4 Å². The van der Waals surface area contributed by atoms with Crippen LogP contribution < -0.4 is 4.90 Å². The van der Waals surface area contributed by atoms with Gasteiger partial charge in [-0.05, 0) is 31.0 Å². The molecule has 102 valence electrons. The lowest BCUT2D eigenvalue weighted by Crippen LogP contribution is -2.35. The molecular weight excluding hydrogens is 254 g/mol. The highest BCUT2D eigenvalue weighted by molar-refractivity contribution is 6.23. The van der Waals surface area contributed by atoms with Crippen molar-refractivity contribution in [1.82, 2.24) is 0 Å². The van der Waals surface area contributed by atoms with Gasteiger partial charge in [0.05, 0.1) is 29.7 Å². The highest BCUT2D eigenvalue weighted by Gasteiger charge is 2.61. The second kappa shape index (κ2) is 3.79. The number of imide groups is 1. The highest BCUT2D eigenvalue weighted by atomic mass is 16.5. The number of fused-ring (bicyclic) bond motifs is 5. The van der Waals surface area contributed by atoms with Gasteiger partial charge < -0.3 is 4.74 Å². The Morgan fingerprint density at radius 2 is 1.60 bits per heavy atom. The third-order valence-electron chi connectivity index (χ3n) is 4.73. The SMILES string of the molecule is Cc1cccc(N2C(=O)[C@@H]3[C@H](C2=O)[C@H]2C=C[C@@H]3O2)c1C. The van der Waals surface area contributed by atoms with Crippen molar-refractivity contribution in [3.05, 3.63) is 41.5 Å². The summed E-state index contributed by atoms with van der Waals surface area (Å²) in [5.41, 5.74) is 2.78. The molecule has 4 rings (SSSR count). The number of nitrogens with zero attached hydrogens (tertiary/aromatic N) is 1. The van der Waals surface area contributed by atoms with Crippen LogP contribution in [0.1, 0.15) is 11.1 Å². The molecule has 1 aromatic carbocycles. The third-order valence-corrected chi connectivity index (χ3v) is 4.73. The fourth-order valence-electron chi connectivity index (χ4n) is 3.52. The Balaban J connectivity index is 1.80. The van der Waals surface area contributed by atoms with E-state index in [0.717, 1.165) is 11.1 Å². The number of hydrogen-bond donors (Lipinski definition) is 0. The van der Waals surface area contributed by atoms with E-state index in [-0.39, 0.29) is 35.9 Å². The Morgan fingerprint density at radius 1 is 1.00 bits per heavy atom. The first-order valence-corrected chi connectivity index (χ1v) is 6.87. The van der Waals surface area contributed by atoms with Crippen molar-refractivity contribution in [3.8, 4) is 0 Å². The van der Waals surface area contributed by atoms with Crippen LogP contribution >= 0.6 is 0 Å². The second-order valence-corrected chi connectivity index (χ2v) is 5.73. The van der Waals surface area contributed by atoms with E-state index >= 15 is 0 Å². The van der Waals surface area contributed by atoms with Gasteiger partial charge >= 0.3 is 0 Å². The summed E-state index contributed by atoms with van der Waals surface area (Å²) in [7, 11) is 0. The van der Waals surface area contributed by atoms with Crippen molar-refractivity contribution >= 4 is 17.5 Å². The first kappa shape index (κ1) is 11.9. The molecule has 3 heterocycles. The van der Waals surface area contributed by atoms with Gasteiger partial charge in [-0.3, -0.25) is 9.59 Å². The number of anilines is 1. The largest absolute Gasteiger partial charge is 0.365 e. The summed E-state index contributed by atoms with van der Waals surface area (Å²) in [5, 5.41) is 0. The molecule has 2 bridgehead atoms. The van der Waals surface area contributed by atoms with E-state index in [0.29, 0.717) is 5.69 Å². The van der Waals surface area contributed by atoms with Crippen LogP contribution in [0.5, 0.6) is 0 Å². The van der Waals surface area contributed by atoms with Crippen molar-refractivity contribution in [1.29, 1.82) is 0 Å². The van der Waals surface area contributed by atoms with Gasteiger partial charge in [-0.15, -0.1) is 0 Å². The summed E-state index contributed by atoms with van der Waals surface area (Å²) >= 11 is 0. The lowest BCUT2D eigenvalue weighted by molar-refractivity contribution is -0.124. The Morgan fingerprint density at radius 3 is 2.20 bits per heavy atom. The van der Waals surface area contributed by atoms with Crippen molar-refractivity contribution in [2.24, 2.45) is 11.8 Å². The van der Waals surface area contributed by atoms with E-state index in [2.05, 4.69) is 0 Å². The standard InChI is InChI=1S/C16H15NO3/c1-8-4-3-5-10(9(8)2)17-15(18)13-11-6-7-12(20-11)14(13)16(17)19/h3-7,11-14H,1-2H3/t11-,12+,13-,14+. The van der Waals surface area contributed by atoms with Crippen molar-refractivity contribution in [2.75, 3.05) is 4.90 Å². The molecule has 4 atom stereocenters. The fraction of sp³-hybridized carbons (Fsp3) is 0.375. The van der Waals surface area contributed by atoms with Crippen molar-refractivity contribution < 1.29 is 14.3 Å². The molecule has 2 fully saturated rings. The summed E-state index contributed by atoms with van der Waals surface area (Å²) < 4.78 is 5.64. The van der Waals surface area contributed by atoms with E-state index in [9.17, 15) is 9.59 Å². The molecule has 2 amide bonds. The quantitative estimate of drug-likeness (QED) is 0.576. The number of carbonyl (C=O) groups is 2. The average Bonchev–Trinajstić information content (AvgIpc) is 3.09. The zero-order valence-electron chi connectivity index (χ0n) is 11.4. The van der Waals surface area contributed by atoms with E-state index in [1.54, 1.807) is 0 Å². The summed E-state index contributed by atoms with van der Waals surface area (Å²) in [5.74, 6) is -0.911. The smallest absolute Gasteiger partial charge is 0.240 e. The number of hydrogen-bond acceptors (Lipinski definition) is 3. The predicted octanol–water partition coefficient (Wildman–Crippen LogP) is 1.75. The van der Waals surface area contributed by atoms with E-state index < -0.39 is 0 Å². The Bertz CT molecular complexity index is 634. The van der Waals surface area contributed by atoms with Gasteiger partial charge in [0, 0.05) is 0 Å². The molecule has 4 heteroatoms. The molecule has 3 aliphatic rings. The molecule has 0 aliphatic carbocycles. The summed E-state index contributed by atoms with van der Waals surface area (Å²) in [6, 6.07) is 5.71. The molecule has 20 heavy (non-hydrogen) atoms. The fourth-order valence-corrected chi connectivity index (χ4v) is 3.52. The van der Waals surface area contributed by atoms with Gasteiger partial charge in [-0.25, -0.2) is 4.90 Å². The molecule has 1 aromatic rings. The van der Waals surface area contributed by atoms with Gasteiger partial charge in [-0.1, -0.05) is 24.3 Å². The third kappa shape index (κ3) is 1.29. The lowest BCUT2D eigenvalue weighted by atomic mass is 9.85. The van der Waals surface area contributed by atoms with E-state index in [1.165, 1.54) is 4.90 Å². The molecule has 3 aliphatic heterocycles. The minimum Gasteiger partial charge on any atom is -0.365 e. The topological polar surface area (TPSA) is 46.6 Å². The summed E-state index contributed by atoms with van der Waals surface area (Å²) in [4.78, 5) is 26.7. The zero-order valence-corrected chi connectivity index (χ0v) is 11.4. The summed E-state index contributed by atoms with van der Waals surface area (Å²) in [6.45, 7) is 3.93. The Kier molecular flexibility index (Phi) is 2.25. The monoisotopic (exact) mass is 269 g/mol. The Hall–Kier alpha value is -1.94. The van der Waals surface area contributed by atoms with Gasteiger partial charge in [0.1, 0.15) is 0 Å². The molecule has 0 radical (unpaired) electrons.